The first kappa shape index (κ1) is 31.2. The third-order valence-electron chi connectivity index (χ3n) is 7.58. The molecule has 0 saturated heterocycles. The van der Waals surface area contributed by atoms with Crippen molar-refractivity contribution in [3.05, 3.63) is 57.6 Å². The lowest BCUT2D eigenvalue weighted by atomic mass is 9.66. The molecule has 2 aromatic rings. The van der Waals surface area contributed by atoms with Crippen molar-refractivity contribution in [2.24, 2.45) is 5.41 Å². The van der Waals surface area contributed by atoms with Crippen LogP contribution >= 0.6 is 0 Å². The van der Waals surface area contributed by atoms with E-state index in [9.17, 15) is 30.0 Å². The molecule has 0 unspecified atom stereocenters. The number of aryl methyl sites for hydroxylation is 2. The van der Waals surface area contributed by atoms with E-state index in [1.807, 2.05) is 65.8 Å². The van der Waals surface area contributed by atoms with Crippen LogP contribution in [0.4, 0.5) is 0 Å². The molecule has 0 heterocycles. The molecule has 0 radical (unpaired) electrons. The number of phenolic OH excluding ortho intramolecular Hbond substituents is 2. The fourth-order valence-electron chi connectivity index (χ4n) is 5.03. The molecule has 0 amide bonds. The summed E-state index contributed by atoms with van der Waals surface area (Å²) in [7, 11) is 0. The Balaban J connectivity index is 2.98. The van der Waals surface area contributed by atoms with Crippen LogP contribution in [0.25, 0.3) is 0 Å². The Morgan fingerprint density at radius 2 is 1.03 bits per heavy atom. The maximum atomic E-state index is 11.7. The van der Waals surface area contributed by atoms with Crippen molar-refractivity contribution >= 4 is 11.9 Å². The Hall–Kier alpha value is -3.02. The zero-order valence-electron chi connectivity index (χ0n) is 24.5. The minimum Gasteiger partial charge on any atom is -0.507 e. The fraction of sp³-hybridized carbons (Fsp3) is 0.562. The van der Waals surface area contributed by atoms with Crippen LogP contribution in [0.2, 0.25) is 0 Å². The van der Waals surface area contributed by atoms with E-state index in [-0.39, 0.29) is 24.3 Å². The molecular weight excluding hydrogens is 480 g/mol. The molecule has 0 aliphatic carbocycles. The molecule has 0 aliphatic rings. The normalized spacial score (nSPS) is 12.7. The molecule has 0 fully saturated rings. The molecule has 0 saturated carbocycles. The predicted molar refractivity (Wildman–Crippen MR) is 151 cm³/mol. The van der Waals surface area contributed by atoms with Gasteiger partial charge in [0.1, 0.15) is 11.5 Å². The van der Waals surface area contributed by atoms with Gasteiger partial charge < -0.3 is 20.4 Å². The van der Waals surface area contributed by atoms with Crippen LogP contribution in [0.15, 0.2) is 24.3 Å². The summed E-state index contributed by atoms with van der Waals surface area (Å²) in [5.41, 5.74) is 3.18. The SMILES string of the molecule is CCC(C)(C)C(c1cc(CCC(=O)O)cc(C(C)(C)C)c1O)c1cc(CCC(=O)O)cc(C(C)(C)C)c1O. The van der Waals surface area contributed by atoms with Gasteiger partial charge in [-0.3, -0.25) is 9.59 Å². The van der Waals surface area contributed by atoms with Gasteiger partial charge in [-0.25, -0.2) is 0 Å². The zero-order valence-corrected chi connectivity index (χ0v) is 24.5. The van der Waals surface area contributed by atoms with E-state index in [0.717, 1.165) is 28.7 Å². The standard InChI is InChI=1S/C32H46O6/c1-10-32(8,9)27(21-15-19(11-13-25(33)34)17-23(28(21)37)30(2,3)4)22-16-20(12-14-26(35)36)18-24(29(22)38)31(5,6)7/h15-18,27,37-38H,10-14H2,1-9H3,(H,33,34)(H,35,36). The second-order valence-corrected chi connectivity index (χ2v) is 13.2. The molecule has 0 atom stereocenters. The van der Waals surface area contributed by atoms with E-state index in [4.69, 9.17) is 0 Å². The average molecular weight is 527 g/mol. The fourth-order valence-corrected chi connectivity index (χ4v) is 5.03. The molecule has 210 valence electrons. The maximum absolute atomic E-state index is 11.7. The van der Waals surface area contributed by atoms with Crippen LogP contribution in [0.3, 0.4) is 0 Å². The second kappa shape index (κ2) is 11.4. The van der Waals surface area contributed by atoms with Crippen LogP contribution in [-0.2, 0) is 33.3 Å². The monoisotopic (exact) mass is 526 g/mol. The van der Waals surface area contributed by atoms with Crippen molar-refractivity contribution in [1.82, 2.24) is 0 Å². The van der Waals surface area contributed by atoms with Gasteiger partial charge in [-0.05, 0) is 51.3 Å². The van der Waals surface area contributed by atoms with E-state index in [1.54, 1.807) is 0 Å². The number of rotatable bonds is 10. The predicted octanol–water partition coefficient (Wildman–Crippen LogP) is 7.30. The van der Waals surface area contributed by atoms with Gasteiger partial charge in [0.2, 0.25) is 0 Å². The first-order valence-electron chi connectivity index (χ1n) is 13.5. The minimum atomic E-state index is -0.888. The summed E-state index contributed by atoms with van der Waals surface area (Å²) in [6.07, 6.45) is 1.33. The van der Waals surface area contributed by atoms with Crippen LogP contribution in [0.1, 0.15) is 121 Å². The Morgan fingerprint density at radius 1 is 0.684 bits per heavy atom. The first-order chi connectivity index (χ1) is 17.3. The van der Waals surface area contributed by atoms with Gasteiger partial charge in [0.05, 0.1) is 0 Å². The summed E-state index contributed by atoms with van der Waals surface area (Å²) in [6, 6.07) is 7.55. The van der Waals surface area contributed by atoms with Gasteiger partial charge in [-0.1, -0.05) is 93.0 Å². The van der Waals surface area contributed by atoms with Gasteiger partial charge in [-0.2, -0.15) is 0 Å². The molecule has 2 rings (SSSR count). The summed E-state index contributed by atoms with van der Waals surface area (Å²) >= 11 is 0. The van der Waals surface area contributed by atoms with E-state index in [1.165, 1.54) is 0 Å². The smallest absolute Gasteiger partial charge is 0.303 e. The number of carbonyl (C=O) groups is 2. The quantitative estimate of drug-likeness (QED) is 0.258. The lowest BCUT2D eigenvalue weighted by molar-refractivity contribution is -0.138. The molecule has 2 aromatic carbocycles. The Labute approximate surface area is 227 Å². The molecule has 0 aliphatic heterocycles. The third-order valence-corrected chi connectivity index (χ3v) is 7.58. The van der Waals surface area contributed by atoms with Crippen molar-refractivity contribution in [3.8, 4) is 11.5 Å². The molecule has 38 heavy (non-hydrogen) atoms. The van der Waals surface area contributed by atoms with Crippen molar-refractivity contribution in [1.29, 1.82) is 0 Å². The summed E-state index contributed by atoms with van der Waals surface area (Å²) in [5, 5.41) is 42.1. The van der Waals surface area contributed by atoms with Crippen molar-refractivity contribution in [3.63, 3.8) is 0 Å². The average Bonchev–Trinajstić information content (AvgIpc) is 2.77. The number of aliphatic carboxylic acids is 2. The molecule has 0 bridgehead atoms. The van der Waals surface area contributed by atoms with Crippen LogP contribution in [0.5, 0.6) is 11.5 Å². The number of hydrogen-bond acceptors (Lipinski definition) is 4. The van der Waals surface area contributed by atoms with E-state index in [0.29, 0.717) is 24.0 Å². The highest BCUT2D eigenvalue weighted by atomic mass is 16.4. The first-order valence-corrected chi connectivity index (χ1v) is 13.5. The molecule has 4 N–H and O–H groups in total. The Kier molecular flexibility index (Phi) is 9.35. The number of phenols is 2. The highest BCUT2D eigenvalue weighted by Crippen LogP contribution is 2.52. The van der Waals surface area contributed by atoms with Gasteiger partial charge in [0.15, 0.2) is 0 Å². The summed E-state index contributed by atoms with van der Waals surface area (Å²) < 4.78 is 0. The largest absolute Gasteiger partial charge is 0.507 e. The van der Waals surface area contributed by atoms with Gasteiger partial charge in [0.25, 0.3) is 0 Å². The number of carboxylic acid groups (broad SMARTS) is 2. The third kappa shape index (κ3) is 7.30. The minimum absolute atomic E-state index is 0.0280. The molecular formula is C32H46O6. The molecule has 6 heteroatoms. The van der Waals surface area contributed by atoms with Crippen molar-refractivity contribution in [2.45, 2.75) is 111 Å². The van der Waals surface area contributed by atoms with Crippen molar-refractivity contribution in [2.75, 3.05) is 0 Å². The van der Waals surface area contributed by atoms with E-state index < -0.39 is 34.1 Å². The van der Waals surface area contributed by atoms with Crippen LogP contribution in [0, 0.1) is 5.41 Å². The van der Waals surface area contributed by atoms with Crippen LogP contribution < -0.4 is 0 Å². The number of hydrogen-bond donors (Lipinski definition) is 4. The van der Waals surface area contributed by atoms with Crippen LogP contribution in [-0.4, -0.2) is 32.4 Å². The lowest BCUT2D eigenvalue weighted by Crippen LogP contribution is -2.25. The van der Waals surface area contributed by atoms with Gasteiger partial charge in [0, 0.05) is 29.9 Å². The topological polar surface area (TPSA) is 115 Å². The molecule has 6 nitrogen and oxygen atoms in total. The lowest BCUT2D eigenvalue weighted by Gasteiger charge is -2.38. The second-order valence-electron chi connectivity index (χ2n) is 13.2. The summed E-state index contributed by atoms with van der Waals surface area (Å²) in [6.45, 7) is 18.3. The Morgan fingerprint density at radius 3 is 1.29 bits per heavy atom. The molecule has 0 spiro atoms. The van der Waals surface area contributed by atoms with E-state index in [2.05, 4.69) is 20.8 Å². The highest BCUT2D eigenvalue weighted by Gasteiger charge is 2.38. The number of aromatic hydroxyl groups is 2. The van der Waals surface area contributed by atoms with Gasteiger partial charge >= 0.3 is 11.9 Å². The highest BCUT2D eigenvalue weighted by molar-refractivity contribution is 5.68. The van der Waals surface area contributed by atoms with Gasteiger partial charge in [-0.15, -0.1) is 0 Å². The van der Waals surface area contributed by atoms with E-state index >= 15 is 0 Å². The zero-order chi connectivity index (χ0) is 29.2. The summed E-state index contributed by atoms with van der Waals surface area (Å²) in [5.74, 6) is -1.90. The number of benzene rings is 2. The summed E-state index contributed by atoms with van der Waals surface area (Å²) in [4.78, 5) is 22.7. The maximum Gasteiger partial charge on any atom is 0.303 e. The van der Waals surface area contributed by atoms with Crippen molar-refractivity contribution < 1.29 is 30.0 Å². The Bertz CT molecular complexity index is 1090. The molecule has 0 aromatic heterocycles. The number of carboxylic acids is 2.